The maximum absolute atomic E-state index is 9.12. The second-order valence-electron chi connectivity index (χ2n) is 4.31. The van der Waals surface area contributed by atoms with Crippen molar-refractivity contribution in [1.29, 1.82) is 0 Å². The molecule has 1 heterocycles. The molecule has 0 bridgehead atoms. The van der Waals surface area contributed by atoms with Crippen LogP contribution in [0, 0.1) is 5.92 Å². The number of thioether (sulfide) groups is 1. The molecule has 1 unspecified atom stereocenters. The molecule has 2 N–H and O–H groups in total. The van der Waals surface area contributed by atoms with Crippen LogP contribution in [-0.2, 0) is 0 Å². The quantitative estimate of drug-likeness (QED) is 0.720. The molecule has 2 fully saturated rings. The van der Waals surface area contributed by atoms with Gasteiger partial charge in [0.05, 0.1) is 6.10 Å². The molecule has 0 aromatic rings. The predicted molar refractivity (Wildman–Crippen MR) is 57.1 cm³/mol. The fourth-order valence-corrected chi connectivity index (χ4v) is 3.21. The van der Waals surface area contributed by atoms with Gasteiger partial charge in [0, 0.05) is 11.8 Å². The molecule has 1 aliphatic heterocycles. The Hall–Kier alpha value is 0.270. The van der Waals surface area contributed by atoms with E-state index in [2.05, 4.69) is 17.1 Å². The van der Waals surface area contributed by atoms with Gasteiger partial charge in [0.2, 0.25) is 0 Å². The molecule has 0 radical (unpaired) electrons. The molecule has 1 atom stereocenters. The Labute approximate surface area is 84.5 Å². The smallest absolute Gasteiger partial charge is 0.0546 e. The Bertz CT molecular complexity index is 153. The Balaban J connectivity index is 1.56. The monoisotopic (exact) mass is 201 g/mol. The van der Waals surface area contributed by atoms with Crippen molar-refractivity contribution in [2.24, 2.45) is 5.92 Å². The van der Waals surface area contributed by atoms with Gasteiger partial charge in [-0.3, -0.25) is 0 Å². The van der Waals surface area contributed by atoms with E-state index in [9.17, 15) is 0 Å². The summed E-state index contributed by atoms with van der Waals surface area (Å²) in [5.41, 5.74) is 0. The molecule has 0 aromatic heterocycles. The average Bonchev–Trinajstić information content (AvgIpc) is 2.12. The van der Waals surface area contributed by atoms with Crippen LogP contribution in [0.4, 0.5) is 0 Å². The predicted octanol–water partition coefficient (Wildman–Crippen LogP) is 1.24. The Morgan fingerprint density at radius 1 is 1.38 bits per heavy atom. The normalized spacial score (nSPS) is 39.9. The van der Waals surface area contributed by atoms with Crippen LogP contribution in [0.2, 0.25) is 0 Å². The van der Waals surface area contributed by atoms with Crippen LogP contribution in [0.3, 0.4) is 0 Å². The molecule has 0 aromatic carbocycles. The minimum Gasteiger partial charge on any atom is -0.393 e. The molecule has 1 saturated heterocycles. The van der Waals surface area contributed by atoms with E-state index in [-0.39, 0.29) is 6.10 Å². The van der Waals surface area contributed by atoms with Gasteiger partial charge in [0.1, 0.15) is 0 Å². The average molecular weight is 201 g/mol. The number of nitrogens with one attached hydrogen (secondary N) is 1. The standard InChI is InChI=1S/C10H19NOS/c12-10-4-8(5-10)6-11-9-2-1-3-13-7-9/h8-12H,1-7H2. The van der Waals surface area contributed by atoms with Gasteiger partial charge in [-0.1, -0.05) is 0 Å². The van der Waals surface area contributed by atoms with Crippen molar-refractivity contribution in [2.75, 3.05) is 18.1 Å². The molecule has 1 saturated carbocycles. The molecule has 2 rings (SSSR count). The molecule has 76 valence electrons. The van der Waals surface area contributed by atoms with Crippen LogP contribution >= 0.6 is 11.8 Å². The van der Waals surface area contributed by atoms with Gasteiger partial charge in [-0.25, -0.2) is 0 Å². The summed E-state index contributed by atoms with van der Waals surface area (Å²) in [6.45, 7) is 1.13. The van der Waals surface area contributed by atoms with Crippen molar-refractivity contribution in [1.82, 2.24) is 5.32 Å². The van der Waals surface area contributed by atoms with Crippen LogP contribution in [0.15, 0.2) is 0 Å². The highest BCUT2D eigenvalue weighted by Crippen LogP contribution is 2.26. The van der Waals surface area contributed by atoms with Crippen molar-refractivity contribution >= 4 is 11.8 Å². The lowest BCUT2D eigenvalue weighted by atomic mass is 9.82. The minimum atomic E-state index is 0.00697. The fourth-order valence-electron chi connectivity index (χ4n) is 2.10. The van der Waals surface area contributed by atoms with Crippen molar-refractivity contribution in [3.8, 4) is 0 Å². The van der Waals surface area contributed by atoms with E-state index in [0.717, 1.165) is 31.3 Å². The van der Waals surface area contributed by atoms with Gasteiger partial charge in [-0.05, 0) is 43.9 Å². The zero-order valence-corrected chi connectivity index (χ0v) is 8.85. The zero-order chi connectivity index (χ0) is 9.10. The topological polar surface area (TPSA) is 32.3 Å². The van der Waals surface area contributed by atoms with Gasteiger partial charge in [0.15, 0.2) is 0 Å². The van der Waals surface area contributed by atoms with E-state index in [4.69, 9.17) is 5.11 Å². The third kappa shape index (κ3) is 2.86. The highest BCUT2D eigenvalue weighted by atomic mass is 32.2. The lowest BCUT2D eigenvalue weighted by molar-refractivity contribution is 0.0420. The van der Waals surface area contributed by atoms with E-state index in [0.29, 0.717) is 0 Å². The second-order valence-corrected chi connectivity index (χ2v) is 5.46. The third-order valence-corrected chi connectivity index (χ3v) is 4.28. The van der Waals surface area contributed by atoms with E-state index in [1.165, 1.54) is 24.3 Å². The summed E-state index contributed by atoms with van der Waals surface area (Å²) < 4.78 is 0. The van der Waals surface area contributed by atoms with Crippen LogP contribution in [0.5, 0.6) is 0 Å². The maximum atomic E-state index is 9.12. The molecule has 2 nitrogen and oxygen atoms in total. The lowest BCUT2D eigenvalue weighted by Crippen LogP contribution is -2.42. The first-order valence-electron chi connectivity index (χ1n) is 5.34. The summed E-state index contributed by atoms with van der Waals surface area (Å²) in [6.07, 6.45) is 4.77. The second kappa shape index (κ2) is 4.67. The summed E-state index contributed by atoms with van der Waals surface area (Å²) in [7, 11) is 0. The largest absolute Gasteiger partial charge is 0.393 e. The summed E-state index contributed by atoms with van der Waals surface area (Å²) >= 11 is 2.07. The van der Waals surface area contributed by atoms with Crippen molar-refractivity contribution in [3.63, 3.8) is 0 Å². The first-order valence-corrected chi connectivity index (χ1v) is 6.49. The van der Waals surface area contributed by atoms with Gasteiger partial charge in [0.25, 0.3) is 0 Å². The number of aliphatic hydroxyl groups excluding tert-OH is 1. The molecule has 1 aliphatic carbocycles. The van der Waals surface area contributed by atoms with Crippen LogP contribution in [-0.4, -0.2) is 35.3 Å². The summed E-state index contributed by atoms with van der Waals surface area (Å²) in [6, 6.07) is 0.747. The van der Waals surface area contributed by atoms with Gasteiger partial charge < -0.3 is 10.4 Å². The van der Waals surface area contributed by atoms with Gasteiger partial charge >= 0.3 is 0 Å². The van der Waals surface area contributed by atoms with Crippen molar-refractivity contribution in [2.45, 2.75) is 37.8 Å². The number of hydrogen-bond donors (Lipinski definition) is 2. The first kappa shape index (κ1) is 9.81. The Kier molecular flexibility index (Phi) is 3.52. The zero-order valence-electron chi connectivity index (χ0n) is 8.04. The van der Waals surface area contributed by atoms with E-state index in [1.807, 2.05) is 0 Å². The highest BCUT2D eigenvalue weighted by Gasteiger charge is 2.27. The third-order valence-electron chi connectivity index (χ3n) is 3.07. The highest BCUT2D eigenvalue weighted by molar-refractivity contribution is 7.99. The molecule has 0 amide bonds. The van der Waals surface area contributed by atoms with E-state index < -0.39 is 0 Å². The molecular weight excluding hydrogens is 182 g/mol. The van der Waals surface area contributed by atoms with Crippen LogP contribution in [0.1, 0.15) is 25.7 Å². The molecule has 0 spiro atoms. The fraction of sp³-hybridized carbons (Fsp3) is 1.00. The van der Waals surface area contributed by atoms with E-state index >= 15 is 0 Å². The minimum absolute atomic E-state index is 0.00697. The van der Waals surface area contributed by atoms with Crippen molar-refractivity contribution in [3.05, 3.63) is 0 Å². The summed E-state index contributed by atoms with van der Waals surface area (Å²) in [4.78, 5) is 0. The van der Waals surface area contributed by atoms with Gasteiger partial charge in [-0.2, -0.15) is 11.8 Å². The van der Waals surface area contributed by atoms with Crippen LogP contribution < -0.4 is 5.32 Å². The lowest BCUT2D eigenvalue weighted by Gasteiger charge is -2.33. The van der Waals surface area contributed by atoms with E-state index in [1.54, 1.807) is 0 Å². The number of aliphatic hydroxyl groups is 1. The van der Waals surface area contributed by atoms with Gasteiger partial charge in [-0.15, -0.1) is 0 Å². The summed E-state index contributed by atoms with van der Waals surface area (Å²) in [5.74, 6) is 3.39. The molecule has 3 heteroatoms. The Morgan fingerprint density at radius 3 is 2.85 bits per heavy atom. The first-order chi connectivity index (χ1) is 6.34. The molecule has 2 aliphatic rings. The molecular formula is C10H19NOS. The Morgan fingerprint density at radius 2 is 2.23 bits per heavy atom. The SMILES string of the molecule is OC1CC(CNC2CCCSC2)C1. The summed E-state index contributed by atoms with van der Waals surface area (Å²) in [5, 5.41) is 12.7. The van der Waals surface area contributed by atoms with Crippen LogP contribution in [0.25, 0.3) is 0 Å². The number of rotatable bonds is 3. The maximum Gasteiger partial charge on any atom is 0.0546 e. The molecule has 13 heavy (non-hydrogen) atoms. The van der Waals surface area contributed by atoms with Crippen molar-refractivity contribution < 1.29 is 5.11 Å². The number of hydrogen-bond acceptors (Lipinski definition) is 3.